The van der Waals surface area contributed by atoms with E-state index >= 15 is 0 Å². The van der Waals surface area contributed by atoms with Gasteiger partial charge >= 0.3 is 6.01 Å². The summed E-state index contributed by atoms with van der Waals surface area (Å²) in [5.74, 6) is 0.511. The van der Waals surface area contributed by atoms with E-state index in [0.29, 0.717) is 29.6 Å². The van der Waals surface area contributed by atoms with Crippen molar-refractivity contribution in [2.45, 2.75) is 6.42 Å². The van der Waals surface area contributed by atoms with E-state index in [1.54, 1.807) is 19.2 Å². The van der Waals surface area contributed by atoms with Crippen LogP contribution in [0.1, 0.15) is 5.89 Å². The van der Waals surface area contributed by atoms with E-state index in [1.165, 1.54) is 6.07 Å². The second-order valence-corrected chi connectivity index (χ2v) is 3.97. The summed E-state index contributed by atoms with van der Waals surface area (Å²) in [5.41, 5.74) is 0.407. The number of ether oxygens (including phenoxy) is 1. The van der Waals surface area contributed by atoms with Crippen LogP contribution in [0.2, 0.25) is 5.02 Å². The number of aromatic hydroxyl groups is 1. The molecule has 0 atom stereocenters. The average Bonchev–Trinajstić information content (AvgIpc) is 2.79. The number of nitrogens with one attached hydrogen (secondary N) is 1. The molecule has 2 rings (SSSR count). The lowest BCUT2D eigenvalue weighted by Gasteiger charge is -2.04. The van der Waals surface area contributed by atoms with Crippen molar-refractivity contribution in [3.05, 3.63) is 29.1 Å². The standard InChI is InChI=1S/C11H12ClN3O3/c1-17-5-4-10-14-15-11(18-10)13-8-6-7(12)2-3-9(8)16/h2-3,6,16H,4-5H2,1H3,(H,13,15). The summed E-state index contributed by atoms with van der Waals surface area (Å²) in [6.07, 6.45) is 0.534. The minimum atomic E-state index is 0.0519. The third kappa shape index (κ3) is 3.12. The Labute approximate surface area is 109 Å². The van der Waals surface area contributed by atoms with Gasteiger partial charge in [-0.3, -0.25) is 0 Å². The van der Waals surface area contributed by atoms with E-state index < -0.39 is 0 Å². The Balaban J connectivity index is 2.08. The van der Waals surface area contributed by atoms with Gasteiger partial charge in [0.2, 0.25) is 5.89 Å². The van der Waals surface area contributed by atoms with Crippen molar-refractivity contribution in [1.29, 1.82) is 0 Å². The first kappa shape index (κ1) is 12.7. The minimum Gasteiger partial charge on any atom is -0.506 e. The van der Waals surface area contributed by atoms with E-state index in [2.05, 4.69) is 15.5 Å². The Morgan fingerprint density at radius 1 is 1.44 bits per heavy atom. The predicted molar refractivity (Wildman–Crippen MR) is 66.3 cm³/mol. The Bertz CT molecular complexity index is 530. The highest BCUT2D eigenvalue weighted by atomic mass is 35.5. The lowest BCUT2D eigenvalue weighted by atomic mass is 10.3. The van der Waals surface area contributed by atoms with Gasteiger partial charge in [0.25, 0.3) is 0 Å². The highest BCUT2D eigenvalue weighted by Gasteiger charge is 2.08. The summed E-state index contributed by atoms with van der Waals surface area (Å²) in [4.78, 5) is 0. The van der Waals surface area contributed by atoms with Gasteiger partial charge in [-0.05, 0) is 18.2 Å². The van der Waals surface area contributed by atoms with Crippen molar-refractivity contribution in [2.24, 2.45) is 0 Å². The van der Waals surface area contributed by atoms with Crippen LogP contribution in [0.25, 0.3) is 0 Å². The van der Waals surface area contributed by atoms with Gasteiger partial charge in [0.1, 0.15) is 5.75 Å². The van der Waals surface area contributed by atoms with Crippen molar-refractivity contribution in [2.75, 3.05) is 19.0 Å². The molecule has 2 N–H and O–H groups in total. The molecule has 96 valence electrons. The van der Waals surface area contributed by atoms with E-state index in [1.807, 2.05) is 0 Å². The molecule has 0 aliphatic heterocycles. The summed E-state index contributed by atoms with van der Waals surface area (Å²) < 4.78 is 10.2. The summed E-state index contributed by atoms with van der Waals surface area (Å²) >= 11 is 5.82. The largest absolute Gasteiger partial charge is 0.506 e. The van der Waals surface area contributed by atoms with Crippen LogP contribution < -0.4 is 5.32 Å². The summed E-state index contributed by atoms with van der Waals surface area (Å²) in [7, 11) is 1.60. The van der Waals surface area contributed by atoms with Crippen molar-refractivity contribution in [3.8, 4) is 5.75 Å². The monoisotopic (exact) mass is 269 g/mol. The van der Waals surface area contributed by atoms with Gasteiger partial charge in [0.15, 0.2) is 0 Å². The zero-order valence-electron chi connectivity index (χ0n) is 9.68. The van der Waals surface area contributed by atoms with Gasteiger partial charge in [-0.15, -0.1) is 5.10 Å². The number of anilines is 2. The molecule has 1 aromatic heterocycles. The molecular weight excluding hydrogens is 258 g/mol. The van der Waals surface area contributed by atoms with Gasteiger partial charge in [0, 0.05) is 18.6 Å². The number of benzene rings is 1. The first-order valence-electron chi connectivity index (χ1n) is 5.26. The second-order valence-electron chi connectivity index (χ2n) is 3.53. The van der Waals surface area contributed by atoms with Crippen LogP contribution in [0.15, 0.2) is 22.6 Å². The van der Waals surface area contributed by atoms with Gasteiger partial charge < -0.3 is 19.6 Å². The van der Waals surface area contributed by atoms with Crippen molar-refractivity contribution < 1.29 is 14.3 Å². The molecule has 1 aromatic carbocycles. The van der Waals surface area contributed by atoms with E-state index in [0.717, 1.165) is 0 Å². The molecule has 0 spiro atoms. The van der Waals surface area contributed by atoms with E-state index in [9.17, 15) is 5.11 Å². The van der Waals surface area contributed by atoms with Crippen molar-refractivity contribution in [3.63, 3.8) is 0 Å². The molecule has 6 nitrogen and oxygen atoms in total. The molecule has 0 aliphatic carbocycles. The first-order chi connectivity index (χ1) is 8.69. The van der Waals surface area contributed by atoms with Crippen LogP contribution in [-0.2, 0) is 11.2 Å². The quantitative estimate of drug-likeness (QED) is 0.811. The summed E-state index contributed by atoms with van der Waals surface area (Å²) in [5, 5.41) is 20.5. The smallest absolute Gasteiger partial charge is 0.320 e. The van der Waals surface area contributed by atoms with Gasteiger partial charge in [0.05, 0.1) is 12.3 Å². The number of phenolic OH excluding ortho intramolecular Hbond substituents is 1. The van der Waals surface area contributed by atoms with Crippen LogP contribution in [0.4, 0.5) is 11.7 Å². The Morgan fingerprint density at radius 3 is 3.06 bits per heavy atom. The van der Waals surface area contributed by atoms with Gasteiger partial charge in [-0.1, -0.05) is 16.7 Å². The molecule has 0 aliphatic rings. The molecule has 18 heavy (non-hydrogen) atoms. The van der Waals surface area contributed by atoms with Crippen LogP contribution in [0, 0.1) is 0 Å². The van der Waals surface area contributed by atoms with Crippen LogP contribution in [0.5, 0.6) is 5.75 Å². The molecule has 0 amide bonds. The fourth-order valence-corrected chi connectivity index (χ4v) is 1.49. The number of halogens is 1. The third-order valence-electron chi connectivity index (χ3n) is 2.19. The average molecular weight is 270 g/mol. The fraction of sp³-hybridized carbons (Fsp3) is 0.273. The molecule has 0 saturated heterocycles. The van der Waals surface area contributed by atoms with Crippen molar-refractivity contribution >= 4 is 23.3 Å². The second kappa shape index (κ2) is 5.70. The minimum absolute atomic E-state index is 0.0519. The van der Waals surface area contributed by atoms with Gasteiger partial charge in [-0.25, -0.2) is 0 Å². The molecule has 2 aromatic rings. The van der Waals surface area contributed by atoms with Crippen LogP contribution >= 0.6 is 11.6 Å². The highest BCUT2D eigenvalue weighted by molar-refractivity contribution is 6.30. The molecule has 0 saturated carbocycles. The molecular formula is C11H12ClN3O3. The maximum atomic E-state index is 9.61. The zero-order valence-corrected chi connectivity index (χ0v) is 10.4. The molecule has 0 radical (unpaired) electrons. The number of hydrogen-bond donors (Lipinski definition) is 2. The Morgan fingerprint density at radius 2 is 2.28 bits per heavy atom. The highest BCUT2D eigenvalue weighted by Crippen LogP contribution is 2.28. The molecule has 1 heterocycles. The molecule has 7 heteroatoms. The van der Waals surface area contributed by atoms with Crippen molar-refractivity contribution in [1.82, 2.24) is 10.2 Å². The number of methoxy groups -OCH3 is 1. The maximum absolute atomic E-state index is 9.61. The van der Waals surface area contributed by atoms with Crippen LogP contribution in [-0.4, -0.2) is 29.0 Å². The molecule has 0 fully saturated rings. The number of phenols is 1. The normalized spacial score (nSPS) is 10.6. The van der Waals surface area contributed by atoms with Gasteiger partial charge in [-0.2, -0.15) is 0 Å². The Hall–Kier alpha value is -1.79. The van der Waals surface area contributed by atoms with E-state index in [-0.39, 0.29) is 11.8 Å². The molecule has 0 bridgehead atoms. The summed E-state index contributed by atoms with van der Waals surface area (Å²) in [6, 6.07) is 4.82. The molecule has 0 unspecified atom stereocenters. The summed E-state index contributed by atoms with van der Waals surface area (Å²) in [6.45, 7) is 0.504. The number of hydrogen-bond acceptors (Lipinski definition) is 6. The third-order valence-corrected chi connectivity index (χ3v) is 2.42. The SMILES string of the molecule is COCCc1nnc(Nc2cc(Cl)ccc2O)o1. The Kier molecular flexibility index (Phi) is 4.01. The maximum Gasteiger partial charge on any atom is 0.320 e. The first-order valence-corrected chi connectivity index (χ1v) is 5.63. The number of aromatic nitrogens is 2. The van der Waals surface area contributed by atoms with Crippen LogP contribution in [0.3, 0.4) is 0 Å². The fourth-order valence-electron chi connectivity index (χ4n) is 1.32. The van der Waals surface area contributed by atoms with E-state index in [4.69, 9.17) is 20.8 Å². The topological polar surface area (TPSA) is 80.4 Å². The predicted octanol–water partition coefficient (Wildman–Crippen LogP) is 2.36. The zero-order chi connectivity index (χ0) is 13.0. The lowest BCUT2D eigenvalue weighted by Crippen LogP contribution is -1.94. The number of nitrogens with zero attached hydrogens (tertiary/aromatic N) is 2. The number of rotatable bonds is 5. The lowest BCUT2D eigenvalue weighted by molar-refractivity contribution is 0.195.